The van der Waals surface area contributed by atoms with Crippen molar-refractivity contribution in [3.05, 3.63) is 18.2 Å². The van der Waals surface area contributed by atoms with E-state index in [0.717, 1.165) is 70.6 Å². The fourth-order valence-electron chi connectivity index (χ4n) is 10.9. The van der Waals surface area contributed by atoms with Crippen LogP contribution in [0, 0.1) is 45.3 Å². The molecule has 51 heavy (non-hydrogen) atoms. The molecule has 0 aromatic carbocycles. The number of nitrogens with two attached hydrogens (primary N) is 1. The van der Waals surface area contributed by atoms with Crippen molar-refractivity contribution >= 4 is 35.1 Å². The maximum absolute atomic E-state index is 15.0. The van der Waals surface area contributed by atoms with Crippen molar-refractivity contribution in [2.75, 3.05) is 6.54 Å². The number of nitrogens with zero attached hydrogens (tertiary/aromatic N) is 2. The lowest BCUT2D eigenvalue weighted by atomic mass is 9.73. The highest BCUT2D eigenvalue weighted by molar-refractivity contribution is 6.36. The number of H-pyrrole nitrogens is 1. The summed E-state index contributed by atoms with van der Waals surface area (Å²) in [6.07, 6.45) is 14.6. The van der Waals surface area contributed by atoms with Crippen molar-refractivity contribution in [2.45, 2.75) is 143 Å². The van der Waals surface area contributed by atoms with Gasteiger partial charge in [-0.15, -0.1) is 0 Å². The van der Waals surface area contributed by atoms with E-state index in [9.17, 15) is 24.0 Å². The maximum Gasteiger partial charge on any atom is 0.285 e. The van der Waals surface area contributed by atoms with Crippen molar-refractivity contribution in [3.8, 4) is 0 Å². The number of carbonyl (C=O) groups excluding carboxylic acids is 6. The minimum absolute atomic E-state index is 0.0284. The Morgan fingerprint density at radius 3 is 2.16 bits per heavy atom. The summed E-state index contributed by atoms with van der Waals surface area (Å²) in [7, 11) is 0. The van der Waals surface area contributed by atoms with Crippen LogP contribution in [-0.2, 0) is 24.0 Å². The van der Waals surface area contributed by atoms with Crippen LogP contribution < -0.4 is 11.1 Å². The minimum atomic E-state index is -1.02. The number of aromatic amines is 1. The number of likely N-dealkylation sites (tertiary alicyclic amines) is 1. The van der Waals surface area contributed by atoms with Crippen LogP contribution in [0.1, 0.15) is 141 Å². The number of Topliss-reactive ketones (excluding diaryl/α,β-unsaturated/α-hetero) is 3. The maximum atomic E-state index is 15.0. The first kappa shape index (κ1) is 37.4. The van der Waals surface area contributed by atoms with Gasteiger partial charge in [0.25, 0.3) is 11.8 Å². The van der Waals surface area contributed by atoms with Gasteiger partial charge in [-0.05, 0) is 66.6 Å². The van der Waals surface area contributed by atoms with Gasteiger partial charge in [-0.25, -0.2) is 4.98 Å². The number of hydrogen-bond acceptors (Lipinski definition) is 7. The average molecular weight is 706 g/mol. The van der Waals surface area contributed by atoms with Crippen LogP contribution in [0.15, 0.2) is 12.5 Å². The highest BCUT2D eigenvalue weighted by Crippen LogP contribution is 2.88. The van der Waals surface area contributed by atoms with Crippen molar-refractivity contribution in [1.82, 2.24) is 20.2 Å². The van der Waals surface area contributed by atoms with E-state index >= 15 is 4.79 Å². The van der Waals surface area contributed by atoms with E-state index in [1.807, 2.05) is 20.8 Å². The molecule has 1 aliphatic heterocycles. The zero-order valence-corrected chi connectivity index (χ0v) is 31.4. The normalized spacial score (nSPS) is 27.2. The molecule has 280 valence electrons. The molecule has 3 amide bonds. The van der Waals surface area contributed by atoms with Crippen LogP contribution in [0.3, 0.4) is 0 Å². The van der Waals surface area contributed by atoms with Gasteiger partial charge in [-0.3, -0.25) is 28.8 Å². The molecule has 1 aromatic heterocycles. The molecule has 11 heteroatoms. The SMILES string of the molecule is CC(C)(C)[C@H](CC(=O)[C@@H](NC(=O)c1cnc[nH]1)C1CCCCC1)C(=O)N1C[C@]2(C[C@H]1C(=O)CC(CC1CCC1)C(=O)C(N)=O)C(C)(C)C21CCC1. The second-order valence-electron chi connectivity index (χ2n) is 18.4. The summed E-state index contributed by atoms with van der Waals surface area (Å²) in [6.45, 7) is 10.8. The number of rotatable bonds is 14. The van der Waals surface area contributed by atoms with Crippen molar-refractivity contribution in [1.29, 1.82) is 0 Å². The lowest BCUT2D eigenvalue weighted by Crippen LogP contribution is -2.51. The van der Waals surface area contributed by atoms with Crippen LogP contribution in [0.25, 0.3) is 0 Å². The average Bonchev–Trinajstić information content (AvgIpc) is 3.53. The number of imidazole rings is 1. The molecule has 5 fully saturated rings. The highest BCUT2D eigenvalue weighted by atomic mass is 16.2. The summed E-state index contributed by atoms with van der Waals surface area (Å²) >= 11 is 0. The first-order valence-electron chi connectivity index (χ1n) is 19.5. The topological polar surface area (TPSA) is 172 Å². The van der Waals surface area contributed by atoms with E-state index in [-0.39, 0.29) is 58.2 Å². The molecule has 5 atom stereocenters. The third-order valence-corrected chi connectivity index (χ3v) is 14.6. The van der Waals surface area contributed by atoms with Gasteiger partial charge in [0.05, 0.1) is 24.6 Å². The lowest BCUT2D eigenvalue weighted by molar-refractivity contribution is -0.147. The van der Waals surface area contributed by atoms with E-state index in [1.165, 1.54) is 12.5 Å². The number of fused-ring (bicyclic) bond motifs is 1. The summed E-state index contributed by atoms with van der Waals surface area (Å²) in [6, 6.07) is -1.48. The van der Waals surface area contributed by atoms with E-state index in [1.54, 1.807) is 4.90 Å². The molecule has 4 aliphatic carbocycles. The molecular formula is C40H59N5O6. The van der Waals surface area contributed by atoms with Crippen LogP contribution in [-0.4, -0.2) is 68.6 Å². The van der Waals surface area contributed by atoms with Gasteiger partial charge in [0.2, 0.25) is 11.7 Å². The summed E-state index contributed by atoms with van der Waals surface area (Å²) in [5.74, 6) is -3.95. The molecule has 6 rings (SSSR count). The Morgan fingerprint density at radius 2 is 1.65 bits per heavy atom. The number of amides is 3. The number of primary amides is 1. The minimum Gasteiger partial charge on any atom is -0.363 e. The van der Waals surface area contributed by atoms with Crippen molar-refractivity contribution < 1.29 is 28.8 Å². The summed E-state index contributed by atoms with van der Waals surface area (Å²) in [4.78, 5) is 90.7. The fraction of sp³-hybridized carbons (Fsp3) is 0.775. The summed E-state index contributed by atoms with van der Waals surface area (Å²) in [5.41, 5.74) is 4.91. The molecule has 4 saturated carbocycles. The highest BCUT2D eigenvalue weighted by Gasteiger charge is 2.85. The summed E-state index contributed by atoms with van der Waals surface area (Å²) < 4.78 is 0. The van der Waals surface area contributed by atoms with Gasteiger partial charge in [0, 0.05) is 36.6 Å². The molecular weight excluding hydrogens is 646 g/mol. The lowest BCUT2D eigenvalue weighted by Gasteiger charge is -2.37. The molecule has 11 nitrogen and oxygen atoms in total. The monoisotopic (exact) mass is 705 g/mol. The van der Waals surface area contributed by atoms with Gasteiger partial charge >= 0.3 is 0 Å². The molecule has 2 spiro atoms. The van der Waals surface area contributed by atoms with E-state index in [2.05, 4.69) is 29.1 Å². The predicted molar refractivity (Wildman–Crippen MR) is 191 cm³/mol. The Bertz CT molecular complexity index is 1530. The summed E-state index contributed by atoms with van der Waals surface area (Å²) in [5, 5.41) is 3.00. The third-order valence-electron chi connectivity index (χ3n) is 14.6. The third kappa shape index (κ3) is 6.60. The van der Waals surface area contributed by atoms with Gasteiger partial charge in [-0.2, -0.15) is 0 Å². The molecule has 1 saturated heterocycles. The number of carbonyl (C=O) groups is 6. The zero-order valence-electron chi connectivity index (χ0n) is 31.4. The van der Waals surface area contributed by atoms with Crippen LogP contribution in [0.5, 0.6) is 0 Å². The largest absolute Gasteiger partial charge is 0.363 e. The Labute approximate surface area is 302 Å². The number of hydrogen-bond donors (Lipinski definition) is 3. The van der Waals surface area contributed by atoms with Gasteiger partial charge in [0.1, 0.15) is 5.69 Å². The zero-order chi connectivity index (χ0) is 36.9. The Hall–Kier alpha value is -3.37. The van der Waals surface area contributed by atoms with Crippen LogP contribution in [0.2, 0.25) is 0 Å². The molecule has 0 bridgehead atoms. The Balaban J connectivity index is 1.28. The number of nitrogens with one attached hydrogen (secondary N) is 2. The molecule has 5 aliphatic rings. The first-order valence-corrected chi connectivity index (χ1v) is 19.5. The van der Waals surface area contributed by atoms with Gasteiger partial charge in [0.15, 0.2) is 11.6 Å². The number of aromatic nitrogens is 2. The first-order chi connectivity index (χ1) is 24.0. The van der Waals surface area contributed by atoms with Crippen LogP contribution in [0.4, 0.5) is 0 Å². The molecule has 0 radical (unpaired) electrons. The predicted octanol–water partition coefficient (Wildman–Crippen LogP) is 5.33. The Kier molecular flexibility index (Phi) is 10.2. The van der Waals surface area contributed by atoms with E-state index in [0.29, 0.717) is 25.3 Å². The second-order valence-corrected chi connectivity index (χ2v) is 18.4. The van der Waals surface area contributed by atoms with E-state index < -0.39 is 46.9 Å². The quantitative estimate of drug-likeness (QED) is 0.220. The van der Waals surface area contributed by atoms with Crippen molar-refractivity contribution in [3.63, 3.8) is 0 Å². The van der Waals surface area contributed by atoms with E-state index in [4.69, 9.17) is 5.73 Å². The fourth-order valence-corrected chi connectivity index (χ4v) is 10.9. The van der Waals surface area contributed by atoms with Crippen molar-refractivity contribution in [2.24, 2.45) is 51.1 Å². The van der Waals surface area contributed by atoms with Crippen LogP contribution >= 0.6 is 0 Å². The molecule has 2 heterocycles. The van der Waals surface area contributed by atoms with Gasteiger partial charge in [-0.1, -0.05) is 79.6 Å². The molecule has 1 unspecified atom stereocenters. The molecule has 1 aromatic rings. The number of ketones is 3. The standard InChI is InChI=1S/C40H59N5O6/c1-37(2,3)27(19-31(47)32(25-13-7-6-8-14-25)44-35(50)28-21-42-23-43-28)36(51)45-22-40(38(4,5)39(40)15-10-16-39)20-29(45)30(46)18-26(33(48)34(41)49)17-24-11-9-12-24/h21,23-27,29,32H,6-20,22H2,1-5H3,(H2,41,49)(H,42,43)(H,44,50)/t26?,27-,29+,32+,40-/m1/s1. The molecule has 4 N–H and O–H groups in total. The smallest absolute Gasteiger partial charge is 0.285 e. The Morgan fingerprint density at radius 1 is 0.961 bits per heavy atom. The van der Waals surface area contributed by atoms with Gasteiger partial charge < -0.3 is 20.9 Å². The second kappa shape index (κ2) is 13.9.